The maximum atomic E-state index is 6.94. The van der Waals surface area contributed by atoms with Crippen molar-refractivity contribution in [1.82, 2.24) is 19.5 Å². The van der Waals surface area contributed by atoms with Crippen molar-refractivity contribution in [3.8, 4) is 51.0 Å². The fraction of sp³-hybridized carbons (Fsp3) is 0. The summed E-state index contributed by atoms with van der Waals surface area (Å²) in [6, 6.07) is 73.3. The molecular formula is C59H34N4OS. The van der Waals surface area contributed by atoms with Crippen LogP contribution in [0.25, 0.3) is 136 Å². The predicted octanol–water partition coefficient (Wildman–Crippen LogP) is 16.2. The van der Waals surface area contributed by atoms with Crippen molar-refractivity contribution in [2.45, 2.75) is 0 Å². The molecule has 0 radical (unpaired) electrons. The van der Waals surface area contributed by atoms with Gasteiger partial charge in [0.25, 0.3) is 0 Å². The van der Waals surface area contributed by atoms with E-state index >= 15 is 0 Å². The summed E-state index contributed by atoms with van der Waals surface area (Å²) in [7, 11) is 0. The normalized spacial score (nSPS) is 12.0. The molecule has 5 nitrogen and oxygen atoms in total. The second kappa shape index (κ2) is 14.0. The average molecular weight is 847 g/mol. The number of fused-ring (bicyclic) bond motifs is 11. The Morgan fingerprint density at radius 2 is 0.938 bits per heavy atom. The summed E-state index contributed by atoms with van der Waals surface area (Å²) in [6.07, 6.45) is 0. The van der Waals surface area contributed by atoms with Crippen molar-refractivity contribution >= 4 is 96.8 Å². The Morgan fingerprint density at radius 3 is 1.74 bits per heavy atom. The molecule has 302 valence electrons. The first kappa shape index (κ1) is 36.1. The van der Waals surface area contributed by atoms with E-state index in [-0.39, 0.29) is 0 Å². The molecule has 0 amide bonds. The smallest absolute Gasteiger partial charge is 0.164 e. The van der Waals surface area contributed by atoms with Crippen molar-refractivity contribution in [1.29, 1.82) is 0 Å². The molecule has 14 aromatic rings. The van der Waals surface area contributed by atoms with E-state index in [1.165, 1.54) is 41.7 Å². The van der Waals surface area contributed by atoms with Crippen molar-refractivity contribution in [2.24, 2.45) is 0 Å². The summed E-state index contributed by atoms with van der Waals surface area (Å²) in [5, 5.41) is 11.6. The van der Waals surface area contributed by atoms with E-state index in [1.807, 2.05) is 6.07 Å². The summed E-state index contributed by atoms with van der Waals surface area (Å²) in [6.45, 7) is 0. The molecule has 0 aliphatic carbocycles. The van der Waals surface area contributed by atoms with Gasteiger partial charge in [-0.1, -0.05) is 146 Å². The van der Waals surface area contributed by atoms with E-state index in [0.717, 1.165) is 77.2 Å². The van der Waals surface area contributed by atoms with E-state index in [4.69, 9.17) is 19.4 Å². The quantitative estimate of drug-likeness (QED) is 0.173. The Balaban J connectivity index is 1.06. The minimum absolute atomic E-state index is 0.562. The Labute approximate surface area is 376 Å². The zero-order chi connectivity index (χ0) is 42.6. The van der Waals surface area contributed by atoms with Crippen molar-refractivity contribution < 1.29 is 4.42 Å². The molecule has 0 fully saturated rings. The Bertz CT molecular complexity index is 4260. The van der Waals surface area contributed by atoms with Crippen LogP contribution in [0, 0.1) is 0 Å². The molecule has 0 aliphatic rings. The van der Waals surface area contributed by atoms with Crippen molar-refractivity contribution in [3.05, 3.63) is 206 Å². The summed E-state index contributed by atoms with van der Waals surface area (Å²) in [5.74, 6) is 1.77. The second-order valence-corrected chi connectivity index (χ2v) is 17.9. The third kappa shape index (κ3) is 5.74. The zero-order valence-electron chi connectivity index (χ0n) is 34.7. The summed E-state index contributed by atoms with van der Waals surface area (Å²) < 4.78 is 11.8. The van der Waals surface area contributed by atoms with E-state index in [2.05, 4.69) is 205 Å². The molecule has 4 heterocycles. The fourth-order valence-electron chi connectivity index (χ4n) is 9.89. The maximum absolute atomic E-state index is 6.94. The van der Waals surface area contributed by atoms with Crippen LogP contribution in [-0.4, -0.2) is 19.5 Å². The molecule has 0 saturated carbocycles. The highest BCUT2D eigenvalue weighted by Crippen LogP contribution is 2.43. The highest BCUT2D eigenvalue weighted by atomic mass is 32.1. The van der Waals surface area contributed by atoms with Crippen LogP contribution >= 0.6 is 11.3 Å². The van der Waals surface area contributed by atoms with E-state index in [0.29, 0.717) is 17.5 Å². The SMILES string of the molecule is c1ccc(-c2cccc(-c3nc(-c4cc(-n5c6ccccc6c6cc7ccccc7cc65)c5c(c4)oc4cc6ccccc6cc45)nc(-c4ccc5c(c4)sc4ccccc45)n3)c2)cc1. The predicted molar refractivity (Wildman–Crippen MR) is 271 cm³/mol. The first-order valence-electron chi connectivity index (χ1n) is 21.8. The standard InChI is InChI=1S/C59H34N4OS/c1-2-13-35(14-3-1)36-19-12-20-41(27-36)57-60-58(42-25-26-46-45-22-9-11-24-54(45)65-55(46)34-42)62-59(61-57)43-31-51(56-48-29-38-16-5-7-18-40(38)32-52(48)64-53(56)33-43)63-49-23-10-8-21-44(49)47-28-37-15-4-6-17-39(37)30-50(47)63/h1-34H. The van der Waals surface area contributed by atoms with Crippen LogP contribution in [0.4, 0.5) is 0 Å². The Morgan fingerprint density at radius 1 is 0.338 bits per heavy atom. The topological polar surface area (TPSA) is 56.7 Å². The van der Waals surface area contributed by atoms with Crippen LogP contribution in [0.3, 0.4) is 0 Å². The third-order valence-electron chi connectivity index (χ3n) is 13.0. The largest absolute Gasteiger partial charge is 0.456 e. The van der Waals surface area contributed by atoms with Gasteiger partial charge in [0.1, 0.15) is 11.2 Å². The minimum atomic E-state index is 0.562. The van der Waals surface area contributed by atoms with Crippen LogP contribution in [0.15, 0.2) is 211 Å². The monoisotopic (exact) mass is 846 g/mol. The minimum Gasteiger partial charge on any atom is -0.456 e. The number of aromatic nitrogens is 4. The lowest BCUT2D eigenvalue weighted by Crippen LogP contribution is -2.02. The zero-order valence-corrected chi connectivity index (χ0v) is 35.6. The molecule has 0 unspecified atom stereocenters. The first-order valence-corrected chi connectivity index (χ1v) is 22.6. The molecule has 0 atom stereocenters. The van der Waals surface area contributed by atoms with Gasteiger partial charge < -0.3 is 8.98 Å². The maximum Gasteiger partial charge on any atom is 0.164 e. The molecule has 0 spiro atoms. The van der Waals surface area contributed by atoms with Gasteiger partial charge in [0.2, 0.25) is 0 Å². The van der Waals surface area contributed by atoms with Gasteiger partial charge >= 0.3 is 0 Å². The Hall–Kier alpha value is -8.45. The Kier molecular flexibility index (Phi) is 7.79. The highest BCUT2D eigenvalue weighted by molar-refractivity contribution is 7.25. The number of furan rings is 1. The van der Waals surface area contributed by atoms with E-state index < -0.39 is 0 Å². The van der Waals surface area contributed by atoms with Crippen LogP contribution in [0.5, 0.6) is 0 Å². The number of rotatable bonds is 5. The molecule has 10 aromatic carbocycles. The van der Waals surface area contributed by atoms with E-state index in [1.54, 1.807) is 11.3 Å². The van der Waals surface area contributed by atoms with Crippen LogP contribution in [0.2, 0.25) is 0 Å². The van der Waals surface area contributed by atoms with Crippen LogP contribution < -0.4 is 0 Å². The number of hydrogen-bond acceptors (Lipinski definition) is 5. The number of thiophene rings is 1. The molecule has 0 bridgehead atoms. The summed E-state index contributed by atoms with van der Waals surface area (Å²) in [5.41, 5.74) is 9.70. The molecule has 4 aromatic heterocycles. The highest BCUT2D eigenvalue weighted by Gasteiger charge is 2.23. The van der Waals surface area contributed by atoms with Crippen LogP contribution in [-0.2, 0) is 0 Å². The lowest BCUT2D eigenvalue weighted by Gasteiger charge is -2.14. The molecule has 6 heteroatoms. The van der Waals surface area contributed by atoms with Crippen molar-refractivity contribution in [2.75, 3.05) is 0 Å². The number of nitrogens with zero attached hydrogens (tertiary/aromatic N) is 4. The molecule has 65 heavy (non-hydrogen) atoms. The molecule has 0 saturated heterocycles. The van der Waals surface area contributed by atoms with Gasteiger partial charge in [0, 0.05) is 53.0 Å². The molecule has 0 N–H and O–H groups in total. The fourth-order valence-corrected chi connectivity index (χ4v) is 11.0. The van der Waals surface area contributed by atoms with E-state index in [9.17, 15) is 0 Å². The lowest BCUT2D eigenvalue weighted by molar-refractivity contribution is 0.669. The van der Waals surface area contributed by atoms with Gasteiger partial charge in [-0.3, -0.25) is 0 Å². The summed E-state index contributed by atoms with van der Waals surface area (Å²) in [4.78, 5) is 16.0. The second-order valence-electron chi connectivity index (χ2n) is 16.8. The average Bonchev–Trinajstić information content (AvgIpc) is 4.03. The number of benzene rings is 10. The lowest BCUT2D eigenvalue weighted by atomic mass is 10.0. The van der Waals surface area contributed by atoms with Crippen molar-refractivity contribution in [3.63, 3.8) is 0 Å². The van der Waals surface area contributed by atoms with Gasteiger partial charge in [0.05, 0.1) is 22.1 Å². The molecule has 14 rings (SSSR count). The molecular weight excluding hydrogens is 813 g/mol. The van der Waals surface area contributed by atoms with Gasteiger partial charge in [0.15, 0.2) is 17.5 Å². The third-order valence-corrected chi connectivity index (χ3v) is 14.1. The van der Waals surface area contributed by atoms with Gasteiger partial charge in [-0.25, -0.2) is 15.0 Å². The number of para-hydroxylation sites is 1. The van der Waals surface area contributed by atoms with Gasteiger partial charge in [-0.15, -0.1) is 11.3 Å². The molecule has 0 aliphatic heterocycles. The summed E-state index contributed by atoms with van der Waals surface area (Å²) >= 11 is 1.79. The van der Waals surface area contributed by atoms with Crippen LogP contribution in [0.1, 0.15) is 0 Å². The first-order chi connectivity index (χ1) is 32.2. The van der Waals surface area contributed by atoms with Gasteiger partial charge in [-0.05, 0) is 93.3 Å². The van der Waals surface area contributed by atoms with Gasteiger partial charge in [-0.2, -0.15) is 0 Å². The number of hydrogen-bond donors (Lipinski definition) is 0.